The van der Waals surface area contributed by atoms with Crippen molar-refractivity contribution in [2.24, 2.45) is 0 Å². The predicted octanol–water partition coefficient (Wildman–Crippen LogP) is 1.93. The first-order valence-electron chi connectivity index (χ1n) is 10.3. The molecule has 0 aromatic carbocycles. The number of carbonyl (C=O) groups is 1. The lowest BCUT2D eigenvalue weighted by atomic mass is 10.2. The zero-order valence-corrected chi connectivity index (χ0v) is 18.2. The van der Waals surface area contributed by atoms with Gasteiger partial charge in [0.2, 0.25) is 5.91 Å². The lowest BCUT2D eigenvalue weighted by Crippen LogP contribution is -2.48. The van der Waals surface area contributed by atoms with Crippen LogP contribution < -0.4 is 0 Å². The molecule has 0 bridgehead atoms. The molecule has 0 radical (unpaired) electrons. The second-order valence-electron chi connectivity index (χ2n) is 7.96. The number of carbonyl (C=O) groups excluding carboxylic acids is 1. The molecule has 10 heteroatoms. The summed E-state index contributed by atoms with van der Waals surface area (Å²) in [6.45, 7) is 7.60. The number of rotatable bonds is 4. The Morgan fingerprint density at radius 1 is 1.06 bits per heavy atom. The number of piperazine rings is 1. The van der Waals surface area contributed by atoms with Gasteiger partial charge in [0, 0.05) is 56.5 Å². The number of aryl methyl sites for hydroxylation is 2. The Kier molecular flexibility index (Phi) is 5.07. The first-order chi connectivity index (χ1) is 14.9. The molecule has 5 heterocycles. The van der Waals surface area contributed by atoms with Crippen LogP contribution in [-0.2, 0) is 17.8 Å². The molecule has 4 aromatic heterocycles. The third-order valence-corrected chi connectivity index (χ3v) is 5.77. The normalized spacial score (nSPS) is 15.3. The molecule has 0 spiro atoms. The number of fused-ring (bicyclic) bond motifs is 2. The fourth-order valence-corrected chi connectivity index (χ4v) is 4.18. The van der Waals surface area contributed by atoms with Gasteiger partial charge in [0.25, 0.3) is 5.78 Å². The van der Waals surface area contributed by atoms with Gasteiger partial charge in [-0.1, -0.05) is 11.6 Å². The van der Waals surface area contributed by atoms with E-state index in [0.29, 0.717) is 29.7 Å². The van der Waals surface area contributed by atoms with Crippen molar-refractivity contribution in [1.29, 1.82) is 0 Å². The van der Waals surface area contributed by atoms with Gasteiger partial charge in [0.15, 0.2) is 5.82 Å². The number of halogens is 1. The van der Waals surface area contributed by atoms with Crippen LogP contribution in [0.5, 0.6) is 0 Å². The van der Waals surface area contributed by atoms with Gasteiger partial charge >= 0.3 is 0 Å². The van der Waals surface area contributed by atoms with Crippen molar-refractivity contribution in [3.63, 3.8) is 0 Å². The Morgan fingerprint density at radius 2 is 1.87 bits per heavy atom. The monoisotopic (exact) mass is 438 g/mol. The van der Waals surface area contributed by atoms with E-state index in [4.69, 9.17) is 11.6 Å². The van der Waals surface area contributed by atoms with Crippen LogP contribution in [-0.4, -0.2) is 70.9 Å². The first kappa shape index (κ1) is 19.9. The van der Waals surface area contributed by atoms with Gasteiger partial charge < -0.3 is 9.30 Å². The second kappa shape index (κ2) is 7.90. The van der Waals surface area contributed by atoms with E-state index in [0.717, 1.165) is 42.4 Å². The van der Waals surface area contributed by atoms with E-state index in [9.17, 15) is 4.79 Å². The number of aromatic nitrogens is 6. The Labute approximate surface area is 184 Å². The van der Waals surface area contributed by atoms with Gasteiger partial charge in [0.1, 0.15) is 5.65 Å². The second-order valence-corrected chi connectivity index (χ2v) is 8.39. The minimum atomic E-state index is 0.0484. The average molecular weight is 439 g/mol. The summed E-state index contributed by atoms with van der Waals surface area (Å²) in [6.07, 6.45) is 4.05. The molecule has 1 amide bonds. The topological polar surface area (TPSA) is 83.9 Å². The van der Waals surface area contributed by atoms with Crippen molar-refractivity contribution in [1.82, 2.24) is 38.8 Å². The molecule has 5 rings (SSSR count). The van der Waals surface area contributed by atoms with Crippen molar-refractivity contribution in [2.45, 2.75) is 26.8 Å². The molecule has 160 valence electrons. The largest absolute Gasteiger partial charge is 0.340 e. The van der Waals surface area contributed by atoms with Crippen molar-refractivity contribution in [3.8, 4) is 0 Å². The average Bonchev–Trinajstić information content (AvgIpc) is 3.31. The quantitative estimate of drug-likeness (QED) is 0.484. The van der Waals surface area contributed by atoms with Crippen LogP contribution in [0.3, 0.4) is 0 Å². The maximum Gasteiger partial charge on any atom is 0.252 e. The lowest BCUT2D eigenvalue weighted by molar-refractivity contribution is -0.132. The van der Waals surface area contributed by atoms with E-state index in [-0.39, 0.29) is 12.3 Å². The van der Waals surface area contributed by atoms with Crippen LogP contribution in [0.15, 0.2) is 30.6 Å². The highest BCUT2D eigenvalue weighted by molar-refractivity contribution is 6.30. The minimum absolute atomic E-state index is 0.0484. The standard InChI is InChI=1S/C21H23ClN8O/c1-14-9-15(2)30-21(23-14)25-18(26-30)10-20(31)28-7-5-27(6-8-28)12-17-13-29-11-16(22)3-4-19(29)24-17/h3-4,9,11,13H,5-8,10,12H2,1-2H3. The minimum Gasteiger partial charge on any atom is -0.340 e. The van der Waals surface area contributed by atoms with Crippen molar-refractivity contribution >= 4 is 28.9 Å². The van der Waals surface area contributed by atoms with Gasteiger partial charge in [-0.05, 0) is 32.0 Å². The van der Waals surface area contributed by atoms with Crippen LogP contribution in [0, 0.1) is 13.8 Å². The third kappa shape index (κ3) is 4.11. The van der Waals surface area contributed by atoms with Crippen LogP contribution in [0.25, 0.3) is 11.4 Å². The molecule has 31 heavy (non-hydrogen) atoms. The molecule has 4 aromatic rings. The summed E-state index contributed by atoms with van der Waals surface area (Å²) in [5, 5.41) is 5.14. The van der Waals surface area contributed by atoms with Crippen LogP contribution in [0.4, 0.5) is 0 Å². The summed E-state index contributed by atoms with van der Waals surface area (Å²) in [4.78, 5) is 30.4. The van der Waals surface area contributed by atoms with Gasteiger partial charge in [0.05, 0.1) is 17.1 Å². The zero-order chi connectivity index (χ0) is 21.5. The molecule has 0 N–H and O–H groups in total. The number of nitrogens with zero attached hydrogens (tertiary/aromatic N) is 8. The van der Waals surface area contributed by atoms with E-state index in [1.165, 1.54) is 0 Å². The summed E-state index contributed by atoms with van der Waals surface area (Å²) >= 11 is 6.05. The van der Waals surface area contributed by atoms with Crippen molar-refractivity contribution < 1.29 is 4.79 Å². The molecule has 0 unspecified atom stereocenters. The van der Waals surface area contributed by atoms with Gasteiger partial charge in [-0.15, -0.1) is 5.10 Å². The molecule has 1 aliphatic rings. The Hall–Kier alpha value is -3.04. The maximum absolute atomic E-state index is 12.8. The summed E-state index contributed by atoms with van der Waals surface area (Å²) < 4.78 is 3.63. The first-order valence-corrected chi connectivity index (χ1v) is 10.7. The Bertz CT molecular complexity index is 1270. The van der Waals surface area contributed by atoms with Crippen LogP contribution in [0.1, 0.15) is 22.9 Å². The number of amides is 1. The van der Waals surface area contributed by atoms with Crippen LogP contribution >= 0.6 is 11.6 Å². The van der Waals surface area contributed by atoms with Gasteiger partial charge in [-0.3, -0.25) is 9.69 Å². The van der Waals surface area contributed by atoms with E-state index in [1.54, 1.807) is 4.52 Å². The molecule has 0 aliphatic carbocycles. The van der Waals surface area contributed by atoms with E-state index < -0.39 is 0 Å². The number of pyridine rings is 1. The number of hydrogen-bond donors (Lipinski definition) is 0. The van der Waals surface area contributed by atoms with Crippen LogP contribution in [0.2, 0.25) is 5.02 Å². The molecule has 1 aliphatic heterocycles. The number of imidazole rings is 1. The maximum atomic E-state index is 12.8. The molecule has 1 saturated heterocycles. The van der Waals surface area contributed by atoms with Crippen molar-refractivity contribution in [3.05, 3.63) is 58.5 Å². The highest BCUT2D eigenvalue weighted by Gasteiger charge is 2.23. The highest BCUT2D eigenvalue weighted by atomic mass is 35.5. The SMILES string of the molecule is Cc1cc(C)n2nc(CC(=O)N3CCN(Cc4cn5cc(Cl)ccc5n4)CC3)nc2n1. The van der Waals surface area contributed by atoms with Gasteiger partial charge in [-0.2, -0.15) is 4.98 Å². The summed E-state index contributed by atoms with van der Waals surface area (Å²) in [5.74, 6) is 1.10. The Morgan fingerprint density at radius 3 is 2.68 bits per heavy atom. The summed E-state index contributed by atoms with van der Waals surface area (Å²) in [6, 6.07) is 5.70. The smallest absolute Gasteiger partial charge is 0.252 e. The molecule has 0 saturated carbocycles. The molecule has 0 atom stereocenters. The highest BCUT2D eigenvalue weighted by Crippen LogP contribution is 2.14. The summed E-state index contributed by atoms with van der Waals surface area (Å²) in [5.41, 5.74) is 3.72. The predicted molar refractivity (Wildman–Crippen MR) is 116 cm³/mol. The van der Waals surface area contributed by atoms with E-state index >= 15 is 0 Å². The lowest BCUT2D eigenvalue weighted by Gasteiger charge is -2.34. The van der Waals surface area contributed by atoms with Gasteiger partial charge in [-0.25, -0.2) is 14.5 Å². The van der Waals surface area contributed by atoms with E-state index in [1.807, 2.05) is 53.7 Å². The fraction of sp³-hybridized carbons (Fsp3) is 0.381. The fourth-order valence-electron chi connectivity index (χ4n) is 4.01. The Balaban J connectivity index is 1.19. The molecular formula is C21H23ClN8O. The molecule has 9 nitrogen and oxygen atoms in total. The van der Waals surface area contributed by atoms with E-state index in [2.05, 4.69) is 25.0 Å². The molecule has 1 fully saturated rings. The molecular weight excluding hydrogens is 416 g/mol. The zero-order valence-electron chi connectivity index (χ0n) is 17.5. The third-order valence-electron chi connectivity index (χ3n) is 5.55. The summed E-state index contributed by atoms with van der Waals surface area (Å²) in [7, 11) is 0. The number of hydrogen-bond acceptors (Lipinski definition) is 6. The van der Waals surface area contributed by atoms with Crippen molar-refractivity contribution in [2.75, 3.05) is 26.2 Å².